The second kappa shape index (κ2) is 14.1. The fourth-order valence-corrected chi connectivity index (χ4v) is 7.07. The molecule has 4 rings (SSSR count). The molecule has 3 heterocycles. The van der Waals surface area contributed by atoms with Crippen molar-refractivity contribution >= 4 is 37.1 Å². The first-order valence-corrected chi connectivity index (χ1v) is 18.3. The normalized spacial score (nSPS) is 16.6. The second-order valence-corrected chi connectivity index (χ2v) is 12.9. The zero-order valence-corrected chi connectivity index (χ0v) is 27.4. The summed E-state index contributed by atoms with van der Waals surface area (Å²) in [6.07, 6.45) is 4.55. The van der Waals surface area contributed by atoms with Crippen LogP contribution in [0.1, 0.15) is 44.7 Å². The molecule has 1 fully saturated rings. The number of hydrogen-bond acceptors (Lipinski definition) is 7. The molecule has 0 aliphatic carbocycles. The van der Waals surface area contributed by atoms with E-state index in [1.807, 2.05) is 26.9 Å². The topological polar surface area (TPSA) is 87.5 Å². The van der Waals surface area contributed by atoms with E-state index in [0.29, 0.717) is 31.1 Å². The number of ether oxygens (including phenoxy) is 1. The molecule has 0 saturated carbocycles. The van der Waals surface area contributed by atoms with E-state index in [-0.39, 0.29) is 22.3 Å². The van der Waals surface area contributed by atoms with Crippen molar-refractivity contribution in [1.82, 2.24) is 14.5 Å². The number of aromatic nitrogens is 3. The molecule has 222 valence electrons. The lowest BCUT2D eigenvalue weighted by Crippen LogP contribution is -2.39. The molecule has 0 bridgehead atoms. The number of anilines is 1. The van der Waals surface area contributed by atoms with E-state index in [1.165, 1.54) is 35.2 Å². The van der Waals surface area contributed by atoms with Gasteiger partial charge in [-0.15, -0.1) is 0 Å². The molecule has 2 aromatic heterocycles. The van der Waals surface area contributed by atoms with Crippen molar-refractivity contribution in [2.24, 2.45) is 5.41 Å². The summed E-state index contributed by atoms with van der Waals surface area (Å²) < 4.78 is 49.2. The van der Waals surface area contributed by atoms with E-state index in [2.05, 4.69) is 15.3 Å². The molecule has 8 nitrogen and oxygen atoms in total. The van der Waals surface area contributed by atoms with Crippen LogP contribution in [0.4, 0.5) is 14.7 Å². The van der Waals surface area contributed by atoms with Gasteiger partial charge in [0.15, 0.2) is 25.3 Å². The minimum absolute atomic E-state index is 0.0342. The molecule has 0 amide bonds. The highest BCUT2D eigenvalue weighted by atomic mass is 35.5. The third-order valence-electron chi connectivity index (χ3n) is 7.20. The summed E-state index contributed by atoms with van der Waals surface area (Å²) in [6, 6.07) is 6.92. The van der Waals surface area contributed by atoms with Crippen molar-refractivity contribution in [2.45, 2.75) is 64.6 Å². The minimum atomic E-state index is -0.952. The molecule has 0 radical (unpaired) electrons. The molecule has 1 aliphatic rings. The van der Waals surface area contributed by atoms with Gasteiger partial charge in [0.2, 0.25) is 5.95 Å². The zero-order valence-electron chi connectivity index (χ0n) is 23.8. The number of hydrogen-bond donors (Lipinski definition) is 1. The largest absolute Gasteiger partial charge is 0.400 e. The van der Waals surface area contributed by atoms with Crippen LogP contribution in [0.2, 0.25) is 18.1 Å². The summed E-state index contributed by atoms with van der Waals surface area (Å²) in [5, 5.41) is 3.24. The molecule has 1 aliphatic heterocycles. The summed E-state index contributed by atoms with van der Waals surface area (Å²) in [4.78, 5) is 22.3. The van der Waals surface area contributed by atoms with Crippen LogP contribution in [0.15, 0.2) is 47.5 Å². The van der Waals surface area contributed by atoms with Crippen LogP contribution in [0.5, 0.6) is 0 Å². The monoisotopic (exact) mass is 622 g/mol. The van der Waals surface area contributed by atoms with Gasteiger partial charge in [-0.1, -0.05) is 44.6 Å². The summed E-state index contributed by atoms with van der Waals surface area (Å²) in [5.74, 6) is -1.21. The van der Waals surface area contributed by atoms with Gasteiger partial charge in [-0.2, -0.15) is 0 Å². The average molecular weight is 623 g/mol. The molecule has 1 aromatic carbocycles. The lowest BCUT2D eigenvalue weighted by molar-refractivity contribution is -0.0856. The molecule has 1 unspecified atom stereocenters. The number of rotatable bonds is 12. The first kappa shape index (κ1) is 31.4. The maximum absolute atomic E-state index is 15.8. The lowest BCUT2D eigenvalue weighted by Gasteiger charge is -2.37. The Morgan fingerprint density at radius 2 is 1.88 bits per heavy atom. The van der Waals surface area contributed by atoms with E-state index in [9.17, 15) is 9.18 Å². The standard InChI is InChI=1S/C28H37ClF2N4O4Si2/c1-28(2,26(38-40-3)39-41-4)16-23(17-5-6-20(29)21(30)15-17)35-12-8-19(24(31)25(35)36)22-7-11-32-27(34-22)33-18-9-13-37-14-10-18/h5-8,11-12,15,18,23,26H,9-10,13-14,16,40-41H2,1-4H3,(H,32,33,34). The first-order chi connectivity index (χ1) is 19.6. The summed E-state index contributed by atoms with van der Waals surface area (Å²) >= 11 is 5.96. The van der Waals surface area contributed by atoms with Gasteiger partial charge in [0.05, 0.1) is 16.8 Å². The van der Waals surface area contributed by atoms with Crippen LogP contribution in [0.3, 0.4) is 0 Å². The van der Waals surface area contributed by atoms with Gasteiger partial charge in [0.25, 0.3) is 5.56 Å². The highest BCUT2D eigenvalue weighted by Gasteiger charge is 2.35. The Balaban J connectivity index is 1.71. The van der Waals surface area contributed by atoms with Crippen LogP contribution in [0, 0.1) is 17.0 Å². The Hall–Kier alpha value is -2.49. The molecule has 1 saturated heterocycles. The fourth-order valence-electron chi connectivity index (χ4n) is 5.06. The van der Waals surface area contributed by atoms with E-state index in [4.69, 9.17) is 25.2 Å². The van der Waals surface area contributed by atoms with Crippen LogP contribution < -0.4 is 10.9 Å². The van der Waals surface area contributed by atoms with Crippen molar-refractivity contribution in [3.63, 3.8) is 0 Å². The Bertz CT molecular complexity index is 1390. The molecule has 13 heteroatoms. The Kier molecular flexibility index (Phi) is 10.8. The highest BCUT2D eigenvalue weighted by molar-refractivity contribution is 6.30. The molecule has 41 heavy (non-hydrogen) atoms. The SMILES string of the molecule is C[SiH2]OC(O[SiH2]C)C(C)(C)CC(c1ccc(Cl)c(F)c1)n1ccc(-c2ccnc(NC3CCOCC3)n2)c(F)c1=O. The van der Waals surface area contributed by atoms with E-state index in [1.54, 1.807) is 12.1 Å². The van der Waals surface area contributed by atoms with Crippen molar-refractivity contribution in [1.29, 1.82) is 0 Å². The van der Waals surface area contributed by atoms with E-state index >= 15 is 4.39 Å². The van der Waals surface area contributed by atoms with Crippen LogP contribution in [-0.4, -0.2) is 59.6 Å². The van der Waals surface area contributed by atoms with E-state index < -0.39 is 54.5 Å². The predicted molar refractivity (Wildman–Crippen MR) is 162 cm³/mol. The summed E-state index contributed by atoms with van der Waals surface area (Å²) in [6.45, 7) is 9.31. The van der Waals surface area contributed by atoms with Gasteiger partial charge in [0.1, 0.15) is 12.1 Å². The van der Waals surface area contributed by atoms with Gasteiger partial charge in [-0.25, -0.2) is 18.7 Å². The molecule has 1 N–H and O–H groups in total. The number of nitrogens with zero attached hydrogens (tertiary/aromatic N) is 3. The maximum atomic E-state index is 15.8. The minimum Gasteiger partial charge on any atom is -0.400 e. The first-order valence-electron chi connectivity index (χ1n) is 13.9. The zero-order chi connectivity index (χ0) is 29.6. The average Bonchev–Trinajstić information content (AvgIpc) is 2.95. The number of halogens is 3. The van der Waals surface area contributed by atoms with Crippen LogP contribution in [0.25, 0.3) is 11.3 Å². The summed E-state index contributed by atoms with van der Waals surface area (Å²) in [5.41, 5.74) is -0.584. The van der Waals surface area contributed by atoms with Crippen molar-refractivity contribution in [3.8, 4) is 11.3 Å². The maximum Gasteiger partial charge on any atom is 0.287 e. The molecule has 3 aromatic rings. The van der Waals surface area contributed by atoms with Crippen molar-refractivity contribution in [3.05, 3.63) is 75.3 Å². The van der Waals surface area contributed by atoms with Gasteiger partial charge in [-0.3, -0.25) is 4.79 Å². The lowest BCUT2D eigenvalue weighted by atomic mass is 9.82. The van der Waals surface area contributed by atoms with E-state index in [0.717, 1.165) is 12.8 Å². The summed E-state index contributed by atoms with van der Waals surface area (Å²) in [7, 11) is -1.60. The van der Waals surface area contributed by atoms with Crippen molar-refractivity contribution < 1.29 is 22.4 Å². The van der Waals surface area contributed by atoms with Gasteiger partial charge in [-0.05, 0) is 49.1 Å². The molecular weight excluding hydrogens is 586 g/mol. The Morgan fingerprint density at radius 3 is 2.54 bits per heavy atom. The predicted octanol–water partition coefficient (Wildman–Crippen LogP) is 4.46. The van der Waals surface area contributed by atoms with Gasteiger partial charge in [0, 0.05) is 42.6 Å². The Morgan fingerprint density at radius 1 is 1.17 bits per heavy atom. The third-order valence-corrected chi connectivity index (χ3v) is 8.78. The fraction of sp³-hybridized carbons (Fsp3) is 0.464. The number of benzene rings is 1. The van der Waals surface area contributed by atoms with Crippen molar-refractivity contribution in [2.75, 3.05) is 18.5 Å². The molecule has 0 spiro atoms. The number of nitrogens with one attached hydrogen (secondary N) is 1. The number of pyridine rings is 1. The smallest absolute Gasteiger partial charge is 0.287 e. The van der Waals surface area contributed by atoms with Gasteiger partial charge < -0.3 is 23.5 Å². The van der Waals surface area contributed by atoms with Crippen LogP contribution in [-0.2, 0) is 13.6 Å². The highest BCUT2D eigenvalue weighted by Crippen LogP contribution is 2.38. The Labute approximate surface area is 248 Å². The molecule has 1 atom stereocenters. The van der Waals surface area contributed by atoms with Crippen LogP contribution >= 0.6 is 11.6 Å². The quantitative estimate of drug-likeness (QED) is 0.236. The second-order valence-electron chi connectivity index (χ2n) is 10.7. The molecular formula is C28H37ClF2N4O4Si2. The third kappa shape index (κ3) is 7.68. The van der Waals surface area contributed by atoms with Gasteiger partial charge >= 0.3 is 0 Å².